The molecule has 144 valence electrons. The Kier molecular flexibility index (Phi) is 5.89. The molecule has 0 bridgehead atoms. The van der Waals surface area contributed by atoms with E-state index in [1.807, 2.05) is 48.2 Å². The van der Waals surface area contributed by atoms with Crippen LogP contribution in [-0.4, -0.2) is 37.7 Å². The smallest absolute Gasteiger partial charge is 0.227 e. The largest absolute Gasteiger partial charge is 0.494 e. The molecule has 1 heterocycles. The highest BCUT2D eigenvalue weighted by Gasteiger charge is 2.28. The molecule has 27 heavy (non-hydrogen) atoms. The highest BCUT2D eigenvalue weighted by Crippen LogP contribution is 2.34. The molecule has 0 fully saturated rings. The van der Waals surface area contributed by atoms with E-state index in [1.165, 1.54) is 5.56 Å². The summed E-state index contributed by atoms with van der Waals surface area (Å²) in [5.74, 6) is 2.39. The third-order valence-electron chi connectivity index (χ3n) is 5.00. The number of carbonyl (C=O) groups excluding carboxylic acids is 1. The maximum absolute atomic E-state index is 12.9. The molecule has 0 saturated heterocycles. The van der Waals surface area contributed by atoms with Crippen molar-refractivity contribution in [3.8, 4) is 17.2 Å². The number of ether oxygens (including phenoxy) is 3. The van der Waals surface area contributed by atoms with Crippen molar-refractivity contribution < 1.29 is 19.0 Å². The van der Waals surface area contributed by atoms with E-state index in [-0.39, 0.29) is 11.9 Å². The van der Waals surface area contributed by atoms with Gasteiger partial charge in [0.25, 0.3) is 0 Å². The Labute approximate surface area is 160 Å². The van der Waals surface area contributed by atoms with Crippen LogP contribution in [0.15, 0.2) is 36.4 Å². The van der Waals surface area contributed by atoms with Gasteiger partial charge in [-0.1, -0.05) is 12.1 Å². The quantitative estimate of drug-likeness (QED) is 0.780. The Bertz CT molecular complexity index is 801. The van der Waals surface area contributed by atoms with Gasteiger partial charge in [-0.05, 0) is 61.2 Å². The van der Waals surface area contributed by atoms with Crippen molar-refractivity contribution in [2.24, 2.45) is 0 Å². The second-order valence-corrected chi connectivity index (χ2v) is 6.80. The van der Waals surface area contributed by atoms with Gasteiger partial charge in [-0.2, -0.15) is 0 Å². The minimum absolute atomic E-state index is 0.132. The first kappa shape index (κ1) is 19.1. The third kappa shape index (κ3) is 4.18. The van der Waals surface area contributed by atoms with Crippen molar-refractivity contribution in [1.29, 1.82) is 0 Å². The fraction of sp³-hybridized carbons (Fsp3) is 0.409. The Morgan fingerprint density at radius 3 is 2.30 bits per heavy atom. The Morgan fingerprint density at radius 1 is 1.07 bits per heavy atom. The van der Waals surface area contributed by atoms with E-state index in [2.05, 4.69) is 6.92 Å². The van der Waals surface area contributed by atoms with Crippen molar-refractivity contribution >= 4 is 5.91 Å². The summed E-state index contributed by atoms with van der Waals surface area (Å²) in [6, 6.07) is 11.9. The highest BCUT2D eigenvalue weighted by atomic mass is 16.5. The number of hydrogen-bond acceptors (Lipinski definition) is 4. The van der Waals surface area contributed by atoms with Crippen LogP contribution in [0.2, 0.25) is 0 Å². The van der Waals surface area contributed by atoms with Gasteiger partial charge in [0.1, 0.15) is 5.75 Å². The lowest BCUT2D eigenvalue weighted by molar-refractivity contribution is -0.133. The molecule has 0 saturated carbocycles. The van der Waals surface area contributed by atoms with Gasteiger partial charge < -0.3 is 19.1 Å². The van der Waals surface area contributed by atoms with Crippen LogP contribution in [0.4, 0.5) is 0 Å². The summed E-state index contributed by atoms with van der Waals surface area (Å²) in [5, 5.41) is 0. The fourth-order valence-electron chi connectivity index (χ4n) is 3.55. The number of nitrogens with zero attached hydrogens (tertiary/aromatic N) is 1. The maximum atomic E-state index is 12.9. The fourth-order valence-corrected chi connectivity index (χ4v) is 3.55. The summed E-state index contributed by atoms with van der Waals surface area (Å²) in [5.41, 5.74) is 3.32. The maximum Gasteiger partial charge on any atom is 0.227 e. The lowest BCUT2D eigenvalue weighted by Crippen LogP contribution is -2.43. The van der Waals surface area contributed by atoms with E-state index in [4.69, 9.17) is 14.2 Å². The second-order valence-electron chi connectivity index (χ2n) is 6.80. The van der Waals surface area contributed by atoms with Crippen LogP contribution in [0, 0.1) is 0 Å². The number of amides is 1. The molecule has 0 radical (unpaired) electrons. The molecular formula is C22H27NO4. The average molecular weight is 369 g/mol. The van der Waals surface area contributed by atoms with Gasteiger partial charge in [0.15, 0.2) is 11.5 Å². The predicted molar refractivity (Wildman–Crippen MR) is 105 cm³/mol. The number of rotatable bonds is 6. The van der Waals surface area contributed by atoms with Crippen molar-refractivity contribution in [1.82, 2.24) is 4.90 Å². The lowest BCUT2D eigenvalue weighted by Gasteiger charge is -2.35. The zero-order valence-corrected chi connectivity index (χ0v) is 16.5. The topological polar surface area (TPSA) is 48.0 Å². The number of methoxy groups -OCH3 is 2. The minimum atomic E-state index is 0.132. The minimum Gasteiger partial charge on any atom is -0.494 e. The Balaban J connectivity index is 1.74. The molecule has 1 aliphatic heterocycles. The predicted octanol–water partition coefficient (Wildman–Crippen LogP) is 3.62. The van der Waals surface area contributed by atoms with Crippen LogP contribution in [0.1, 0.15) is 30.5 Å². The summed E-state index contributed by atoms with van der Waals surface area (Å²) < 4.78 is 16.3. The van der Waals surface area contributed by atoms with Gasteiger partial charge in [0, 0.05) is 12.6 Å². The van der Waals surface area contributed by atoms with Crippen LogP contribution in [0.3, 0.4) is 0 Å². The van der Waals surface area contributed by atoms with Crippen molar-refractivity contribution in [2.75, 3.05) is 20.8 Å². The number of benzene rings is 2. The molecule has 0 N–H and O–H groups in total. The Hall–Kier alpha value is -2.69. The van der Waals surface area contributed by atoms with Crippen LogP contribution >= 0.6 is 0 Å². The molecular weight excluding hydrogens is 342 g/mol. The van der Waals surface area contributed by atoms with Gasteiger partial charge in [0.2, 0.25) is 5.91 Å². The van der Waals surface area contributed by atoms with Gasteiger partial charge >= 0.3 is 0 Å². The SMILES string of the molecule is CCOc1ccc(CC(=O)N2Cc3cc(OC)c(OC)cc3CC2C)cc1. The monoisotopic (exact) mass is 369 g/mol. The molecule has 1 amide bonds. The summed E-state index contributed by atoms with van der Waals surface area (Å²) in [4.78, 5) is 14.9. The first-order valence-electron chi connectivity index (χ1n) is 9.30. The number of carbonyl (C=O) groups is 1. The normalized spacial score (nSPS) is 15.9. The van der Waals surface area contributed by atoms with Gasteiger partial charge in [0.05, 0.1) is 27.2 Å². The molecule has 0 aliphatic carbocycles. The summed E-state index contributed by atoms with van der Waals surface area (Å²) in [7, 11) is 3.27. The van der Waals surface area contributed by atoms with E-state index in [1.54, 1.807) is 14.2 Å². The molecule has 1 unspecified atom stereocenters. The lowest BCUT2D eigenvalue weighted by atomic mass is 9.93. The molecule has 2 aromatic carbocycles. The third-order valence-corrected chi connectivity index (χ3v) is 5.00. The molecule has 5 heteroatoms. The van der Waals surface area contributed by atoms with Crippen molar-refractivity contribution in [2.45, 2.75) is 39.3 Å². The summed E-state index contributed by atoms with van der Waals surface area (Å²) in [6.07, 6.45) is 1.20. The average Bonchev–Trinajstić information content (AvgIpc) is 2.68. The van der Waals surface area contributed by atoms with E-state index in [9.17, 15) is 4.79 Å². The number of hydrogen-bond donors (Lipinski definition) is 0. The molecule has 2 aromatic rings. The molecule has 0 aromatic heterocycles. The van der Waals surface area contributed by atoms with Gasteiger partial charge in [-0.15, -0.1) is 0 Å². The van der Waals surface area contributed by atoms with E-state index in [0.29, 0.717) is 25.3 Å². The van der Waals surface area contributed by atoms with E-state index >= 15 is 0 Å². The van der Waals surface area contributed by atoms with E-state index in [0.717, 1.165) is 29.0 Å². The van der Waals surface area contributed by atoms with E-state index < -0.39 is 0 Å². The van der Waals surface area contributed by atoms with Crippen LogP contribution in [-0.2, 0) is 24.2 Å². The van der Waals surface area contributed by atoms with Gasteiger partial charge in [-0.25, -0.2) is 0 Å². The second kappa shape index (κ2) is 8.33. The summed E-state index contributed by atoms with van der Waals surface area (Å²) in [6.45, 7) is 5.28. The van der Waals surface area contributed by atoms with Crippen molar-refractivity contribution in [3.63, 3.8) is 0 Å². The van der Waals surface area contributed by atoms with Crippen LogP contribution in [0.5, 0.6) is 17.2 Å². The molecule has 1 atom stereocenters. The zero-order valence-electron chi connectivity index (χ0n) is 16.5. The molecule has 1 aliphatic rings. The van der Waals surface area contributed by atoms with Gasteiger partial charge in [-0.3, -0.25) is 4.79 Å². The summed E-state index contributed by atoms with van der Waals surface area (Å²) >= 11 is 0. The zero-order chi connectivity index (χ0) is 19.4. The van der Waals surface area contributed by atoms with Crippen LogP contribution in [0.25, 0.3) is 0 Å². The van der Waals surface area contributed by atoms with Crippen molar-refractivity contribution in [3.05, 3.63) is 53.1 Å². The first-order chi connectivity index (χ1) is 13.0. The van der Waals surface area contributed by atoms with Crippen LogP contribution < -0.4 is 14.2 Å². The standard InChI is InChI=1S/C22H27NO4/c1-5-27-19-8-6-16(7-9-19)11-22(24)23-14-18-13-21(26-4)20(25-3)12-17(18)10-15(23)2/h6-9,12-13,15H,5,10-11,14H2,1-4H3. The molecule has 3 rings (SSSR count). The Morgan fingerprint density at radius 2 is 1.70 bits per heavy atom. The first-order valence-corrected chi connectivity index (χ1v) is 9.30. The highest BCUT2D eigenvalue weighted by molar-refractivity contribution is 5.79. The molecule has 5 nitrogen and oxygen atoms in total. The molecule has 0 spiro atoms. The number of fused-ring (bicyclic) bond motifs is 1.